The van der Waals surface area contributed by atoms with E-state index < -0.39 is 0 Å². The SMILES string of the molecule is C=CCCC(N)Cc1ccc(OC)c(OC)c1. The second-order valence-electron chi connectivity index (χ2n) is 4.02. The Labute approximate surface area is 103 Å². The van der Waals surface area contributed by atoms with Gasteiger partial charge in [-0.2, -0.15) is 0 Å². The van der Waals surface area contributed by atoms with Gasteiger partial charge in [-0.1, -0.05) is 12.1 Å². The molecule has 0 heterocycles. The third kappa shape index (κ3) is 4.11. The molecular weight excluding hydrogens is 214 g/mol. The molecule has 1 rings (SSSR count). The molecule has 1 unspecified atom stereocenters. The predicted octanol–water partition coefficient (Wildman–Crippen LogP) is 2.54. The highest BCUT2D eigenvalue weighted by Gasteiger charge is 2.07. The second-order valence-corrected chi connectivity index (χ2v) is 4.02. The zero-order valence-corrected chi connectivity index (χ0v) is 10.6. The Hall–Kier alpha value is -1.48. The summed E-state index contributed by atoms with van der Waals surface area (Å²) in [5.41, 5.74) is 7.20. The van der Waals surface area contributed by atoms with Gasteiger partial charge in [-0.15, -0.1) is 6.58 Å². The van der Waals surface area contributed by atoms with Gasteiger partial charge in [-0.25, -0.2) is 0 Å². The van der Waals surface area contributed by atoms with Crippen LogP contribution in [0.2, 0.25) is 0 Å². The maximum absolute atomic E-state index is 6.03. The molecule has 94 valence electrons. The van der Waals surface area contributed by atoms with Crippen molar-refractivity contribution in [2.45, 2.75) is 25.3 Å². The molecule has 3 nitrogen and oxygen atoms in total. The third-order valence-corrected chi connectivity index (χ3v) is 2.69. The van der Waals surface area contributed by atoms with Crippen molar-refractivity contribution in [2.24, 2.45) is 5.73 Å². The molecule has 0 aliphatic carbocycles. The quantitative estimate of drug-likeness (QED) is 0.739. The Morgan fingerprint density at radius 3 is 2.59 bits per heavy atom. The second kappa shape index (κ2) is 6.97. The van der Waals surface area contributed by atoms with Crippen molar-refractivity contribution < 1.29 is 9.47 Å². The van der Waals surface area contributed by atoms with Crippen LogP contribution in [0.4, 0.5) is 0 Å². The minimum atomic E-state index is 0.158. The van der Waals surface area contributed by atoms with Crippen LogP contribution in [0.5, 0.6) is 11.5 Å². The smallest absolute Gasteiger partial charge is 0.160 e. The molecule has 0 aliphatic rings. The van der Waals surface area contributed by atoms with Crippen LogP contribution >= 0.6 is 0 Å². The Morgan fingerprint density at radius 2 is 2.00 bits per heavy atom. The molecule has 1 atom stereocenters. The molecule has 0 saturated heterocycles. The van der Waals surface area contributed by atoms with E-state index in [1.165, 1.54) is 5.56 Å². The molecule has 0 saturated carbocycles. The third-order valence-electron chi connectivity index (χ3n) is 2.69. The Balaban J connectivity index is 2.68. The van der Waals surface area contributed by atoms with Crippen LogP contribution in [0.1, 0.15) is 18.4 Å². The molecule has 0 fully saturated rings. The highest BCUT2D eigenvalue weighted by atomic mass is 16.5. The van der Waals surface area contributed by atoms with E-state index in [2.05, 4.69) is 6.58 Å². The minimum absolute atomic E-state index is 0.158. The standard InChI is InChI=1S/C14H21NO2/c1-4-5-6-12(15)9-11-7-8-13(16-2)14(10-11)17-3/h4,7-8,10,12H,1,5-6,9,15H2,2-3H3. The summed E-state index contributed by atoms with van der Waals surface area (Å²) in [5, 5.41) is 0. The van der Waals surface area contributed by atoms with E-state index in [1.54, 1.807) is 14.2 Å². The Kier molecular flexibility index (Phi) is 5.57. The van der Waals surface area contributed by atoms with Crippen molar-refractivity contribution >= 4 is 0 Å². The summed E-state index contributed by atoms with van der Waals surface area (Å²) < 4.78 is 10.4. The van der Waals surface area contributed by atoms with Crippen molar-refractivity contribution in [2.75, 3.05) is 14.2 Å². The first-order chi connectivity index (χ1) is 8.21. The van der Waals surface area contributed by atoms with E-state index in [1.807, 2.05) is 24.3 Å². The lowest BCUT2D eigenvalue weighted by atomic mass is 10.0. The fraction of sp³-hybridized carbons (Fsp3) is 0.429. The molecule has 0 aromatic heterocycles. The van der Waals surface area contributed by atoms with Crippen LogP contribution in [0.3, 0.4) is 0 Å². The monoisotopic (exact) mass is 235 g/mol. The number of nitrogens with two attached hydrogens (primary N) is 1. The number of benzene rings is 1. The van der Waals surface area contributed by atoms with E-state index in [4.69, 9.17) is 15.2 Å². The minimum Gasteiger partial charge on any atom is -0.493 e. The highest BCUT2D eigenvalue weighted by molar-refractivity contribution is 5.43. The van der Waals surface area contributed by atoms with Crippen molar-refractivity contribution in [1.82, 2.24) is 0 Å². The van der Waals surface area contributed by atoms with Crippen molar-refractivity contribution in [1.29, 1.82) is 0 Å². The van der Waals surface area contributed by atoms with Gasteiger partial charge < -0.3 is 15.2 Å². The van der Waals surface area contributed by atoms with Crippen LogP contribution < -0.4 is 15.2 Å². The van der Waals surface area contributed by atoms with Gasteiger partial charge in [0, 0.05) is 6.04 Å². The largest absolute Gasteiger partial charge is 0.493 e. The van der Waals surface area contributed by atoms with E-state index in [0.29, 0.717) is 0 Å². The topological polar surface area (TPSA) is 44.5 Å². The number of hydrogen-bond acceptors (Lipinski definition) is 3. The molecule has 1 aromatic carbocycles. The molecule has 0 bridgehead atoms. The fourth-order valence-corrected chi connectivity index (χ4v) is 1.74. The summed E-state index contributed by atoms with van der Waals surface area (Å²) in [6, 6.07) is 6.07. The van der Waals surface area contributed by atoms with Gasteiger partial charge in [-0.3, -0.25) is 0 Å². The summed E-state index contributed by atoms with van der Waals surface area (Å²) in [6.07, 6.45) is 4.65. The highest BCUT2D eigenvalue weighted by Crippen LogP contribution is 2.28. The van der Waals surface area contributed by atoms with Gasteiger partial charge in [0.1, 0.15) is 0 Å². The normalized spacial score (nSPS) is 11.9. The number of allylic oxidation sites excluding steroid dienone is 1. The van der Waals surface area contributed by atoms with Crippen molar-refractivity contribution in [3.05, 3.63) is 36.4 Å². The van der Waals surface area contributed by atoms with Gasteiger partial charge >= 0.3 is 0 Å². The molecule has 1 aromatic rings. The predicted molar refractivity (Wildman–Crippen MR) is 70.7 cm³/mol. The van der Waals surface area contributed by atoms with E-state index in [-0.39, 0.29) is 6.04 Å². The first kappa shape index (κ1) is 13.6. The van der Waals surface area contributed by atoms with E-state index in [9.17, 15) is 0 Å². The average Bonchev–Trinajstić information content (AvgIpc) is 2.36. The maximum Gasteiger partial charge on any atom is 0.160 e. The van der Waals surface area contributed by atoms with Gasteiger partial charge in [0.15, 0.2) is 11.5 Å². The number of methoxy groups -OCH3 is 2. The van der Waals surface area contributed by atoms with Gasteiger partial charge in [0.05, 0.1) is 14.2 Å². The average molecular weight is 235 g/mol. The molecular formula is C14H21NO2. The molecule has 17 heavy (non-hydrogen) atoms. The molecule has 0 spiro atoms. The summed E-state index contributed by atoms with van der Waals surface area (Å²) in [4.78, 5) is 0. The van der Waals surface area contributed by atoms with Crippen LogP contribution in [0.25, 0.3) is 0 Å². The van der Waals surface area contributed by atoms with Gasteiger partial charge in [0.2, 0.25) is 0 Å². The zero-order chi connectivity index (χ0) is 12.7. The lowest BCUT2D eigenvalue weighted by Crippen LogP contribution is -2.22. The van der Waals surface area contributed by atoms with Gasteiger partial charge in [-0.05, 0) is 37.0 Å². The van der Waals surface area contributed by atoms with Crippen LogP contribution in [0, 0.1) is 0 Å². The summed E-state index contributed by atoms with van der Waals surface area (Å²) in [7, 11) is 3.27. The van der Waals surface area contributed by atoms with Crippen molar-refractivity contribution in [3.63, 3.8) is 0 Å². The molecule has 0 radical (unpaired) electrons. The first-order valence-electron chi connectivity index (χ1n) is 5.78. The lowest BCUT2D eigenvalue weighted by molar-refractivity contribution is 0.354. The van der Waals surface area contributed by atoms with E-state index in [0.717, 1.165) is 30.8 Å². The molecule has 2 N–H and O–H groups in total. The Bertz CT molecular complexity index is 363. The molecule has 3 heteroatoms. The summed E-state index contributed by atoms with van der Waals surface area (Å²) in [6.45, 7) is 3.70. The van der Waals surface area contributed by atoms with Gasteiger partial charge in [0.25, 0.3) is 0 Å². The maximum atomic E-state index is 6.03. The van der Waals surface area contributed by atoms with Crippen LogP contribution in [-0.2, 0) is 6.42 Å². The molecule has 0 aliphatic heterocycles. The number of rotatable bonds is 7. The molecule has 0 amide bonds. The fourth-order valence-electron chi connectivity index (χ4n) is 1.74. The lowest BCUT2D eigenvalue weighted by Gasteiger charge is -2.13. The summed E-state index contributed by atoms with van der Waals surface area (Å²) in [5.74, 6) is 1.50. The Morgan fingerprint density at radius 1 is 1.29 bits per heavy atom. The van der Waals surface area contributed by atoms with Crippen LogP contribution in [-0.4, -0.2) is 20.3 Å². The summed E-state index contributed by atoms with van der Waals surface area (Å²) >= 11 is 0. The number of hydrogen-bond donors (Lipinski definition) is 1. The van der Waals surface area contributed by atoms with Crippen molar-refractivity contribution in [3.8, 4) is 11.5 Å². The van der Waals surface area contributed by atoms with Crippen LogP contribution in [0.15, 0.2) is 30.9 Å². The first-order valence-corrected chi connectivity index (χ1v) is 5.78. The zero-order valence-electron chi connectivity index (χ0n) is 10.6. The number of ether oxygens (including phenoxy) is 2. The van der Waals surface area contributed by atoms with E-state index >= 15 is 0 Å².